The second-order valence-electron chi connectivity index (χ2n) is 8.65. The number of benzene rings is 2. The second kappa shape index (κ2) is 12.7. The van der Waals surface area contributed by atoms with Crippen molar-refractivity contribution < 1.29 is 42.1 Å². The van der Waals surface area contributed by atoms with Crippen molar-refractivity contribution in [2.75, 3.05) is 38.7 Å². The largest absolute Gasteiger partial charge is 0.481 e. The Kier molecular flexibility index (Phi) is 9.64. The van der Waals surface area contributed by atoms with Gasteiger partial charge in [0.2, 0.25) is 0 Å². The fraction of sp³-hybridized carbons (Fsp3) is 0.400. The Morgan fingerprint density at radius 1 is 1.11 bits per heavy atom. The molecule has 4 N–H and O–H groups in total. The minimum absolute atomic E-state index is 0.110. The first-order valence-electron chi connectivity index (χ1n) is 11.8. The average Bonchev–Trinajstić information content (AvgIpc) is 3.02. The number of piperazine rings is 1. The van der Waals surface area contributed by atoms with Gasteiger partial charge < -0.3 is 30.5 Å². The van der Waals surface area contributed by atoms with E-state index in [0.29, 0.717) is 54.7 Å². The van der Waals surface area contributed by atoms with Gasteiger partial charge in [-0.05, 0) is 36.8 Å². The third kappa shape index (κ3) is 7.89. The predicted molar refractivity (Wildman–Crippen MR) is 132 cm³/mol. The summed E-state index contributed by atoms with van der Waals surface area (Å²) < 4.78 is 59.2. The van der Waals surface area contributed by atoms with Crippen molar-refractivity contribution >= 4 is 34.8 Å². The van der Waals surface area contributed by atoms with Gasteiger partial charge in [0.15, 0.2) is 0 Å². The van der Waals surface area contributed by atoms with Gasteiger partial charge in [-0.15, -0.1) is 0 Å². The number of carboxylic acids is 2. The van der Waals surface area contributed by atoms with Gasteiger partial charge in [0, 0.05) is 56.7 Å². The summed E-state index contributed by atoms with van der Waals surface area (Å²) in [5.41, 5.74) is 0.979. The molecule has 2 aliphatic heterocycles. The van der Waals surface area contributed by atoms with Gasteiger partial charge in [-0.3, -0.25) is 9.59 Å². The van der Waals surface area contributed by atoms with Crippen molar-refractivity contribution in [3.63, 3.8) is 0 Å². The predicted octanol–water partition coefficient (Wildman–Crippen LogP) is 4.23. The molecule has 0 amide bonds. The Labute approximate surface area is 216 Å². The summed E-state index contributed by atoms with van der Waals surface area (Å²) >= 11 is 0. The molecule has 1 atom stereocenters. The fourth-order valence-electron chi connectivity index (χ4n) is 3.96. The molecule has 1 fully saturated rings. The highest BCUT2D eigenvalue weighted by atomic mass is 19.4. The second-order valence-corrected chi connectivity index (χ2v) is 8.65. The van der Waals surface area contributed by atoms with E-state index in [-0.39, 0.29) is 18.9 Å². The summed E-state index contributed by atoms with van der Waals surface area (Å²) in [5, 5.41) is 22.3. The first-order valence-corrected chi connectivity index (χ1v) is 11.8. The van der Waals surface area contributed by atoms with Gasteiger partial charge in [-0.25, -0.2) is 9.38 Å². The number of carbonyl (C=O) groups is 2. The number of aliphatic carboxylic acids is 2. The summed E-state index contributed by atoms with van der Waals surface area (Å²) in [6.45, 7) is 2.36. The Balaban J connectivity index is 0.000000436. The van der Waals surface area contributed by atoms with Crippen LogP contribution < -0.4 is 10.6 Å². The SMILES string of the molecule is COCC[C@H]1CN(C2=Nc3cc(F)ccc3Nc3ccc(C(F)(F)F)cc32)CCN1.O=C(O)CCC(=O)O. The molecule has 0 bridgehead atoms. The number of fused-ring (bicyclic) bond motifs is 2. The van der Waals surface area contributed by atoms with Crippen LogP contribution >= 0.6 is 0 Å². The highest BCUT2D eigenvalue weighted by molar-refractivity contribution is 6.08. The number of ether oxygens (including phenoxy) is 1. The van der Waals surface area contributed by atoms with E-state index < -0.39 is 29.5 Å². The van der Waals surface area contributed by atoms with E-state index in [0.717, 1.165) is 18.6 Å². The van der Waals surface area contributed by atoms with E-state index >= 15 is 0 Å². The van der Waals surface area contributed by atoms with Crippen molar-refractivity contribution in [3.05, 3.63) is 53.3 Å². The molecule has 2 aromatic carbocycles. The molecule has 2 heterocycles. The van der Waals surface area contributed by atoms with E-state index in [2.05, 4.69) is 15.6 Å². The Bertz CT molecular complexity index is 1170. The molecule has 38 heavy (non-hydrogen) atoms. The van der Waals surface area contributed by atoms with Crippen molar-refractivity contribution in [2.45, 2.75) is 31.5 Å². The Morgan fingerprint density at radius 3 is 2.42 bits per heavy atom. The summed E-state index contributed by atoms with van der Waals surface area (Å²) in [6.07, 6.45) is -4.31. The van der Waals surface area contributed by atoms with Crippen LogP contribution in [0.4, 0.5) is 34.6 Å². The number of nitrogens with one attached hydrogen (secondary N) is 2. The minimum atomic E-state index is -4.48. The number of anilines is 2. The molecule has 2 aromatic rings. The maximum absolute atomic E-state index is 13.9. The van der Waals surface area contributed by atoms with E-state index in [1.54, 1.807) is 7.11 Å². The quantitative estimate of drug-likeness (QED) is 0.402. The number of carboxylic acid groups (broad SMARTS) is 2. The zero-order valence-electron chi connectivity index (χ0n) is 20.5. The van der Waals surface area contributed by atoms with E-state index in [9.17, 15) is 27.2 Å². The van der Waals surface area contributed by atoms with E-state index in [1.165, 1.54) is 24.3 Å². The molecule has 0 saturated carbocycles. The lowest BCUT2D eigenvalue weighted by Crippen LogP contribution is -2.53. The molecule has 0 spiro atoms. The Morgan fingerprint density at radius 2 is 1.79 bits per heavy atom. The molecule has 0 radical (unpaired) electrons. The van der Waals surface area contributed by atoms with Gasteiger partial charge in [0.1, 0.15) is 11.7 Å². The molecule has 9 nitrogen and oxygen atoms in total. The van der Waals surface area contributed by atoms with Crippen LogP contribution in [-0.2, 0) is 20.5 Å². The van der Waals surface area contributed by atoms with Crippen LogP contribution in [0.15, 0.2) is 41.4 Å². The van der Waals surface area contributed by atoms with Crippen LogP contribution in [-0.4, -0.2) is 72.3 Å². The van der Waals surface area contributed by atoms with Crippen LogP contribution in [0.25, 0.3) is 0 Å². The maximum atomic E-state index is 13.9. The van der Waals surface area contributed by atoms with Crippen molar-refractivity contribution in [3.8, 4) is 0 Å². The highest BCUT2D eigenvalue weighted by Gasteiger charge is 2.33. The van der Waals surface area contributed by atoms with Gasteiger partial charge in [0.05, 0.1) is 29.8 Å². The average molecular weight is 541 g/mol. The number of methoxy groups -OCH3 is 1. The molecular weight excluding hydrogens is 512 g/mol. The van der Waals surface area contributed by atoms with Crippen LogP contribution in [0, 0.1) is 5.82 Å². The summed E-state index contributed by atoms with van der Waals surface area (Å²) in [7, 11) is 1.63. The molecule has 0 aromatic heterocycles. The first-order chi connectivity index (χ1) is 18.0. The number of amidine groups is 1. The Hall–Kier alpha value is -3.71. The van der Waals surface area contributed by atoms with Gasteiger partial charge >= 0.3 is 18.1 Å². The zero-order chi connectivity index (χ0) is 27.9. The van der Waals surface area contributed by atoms with Crippen LogP contribution in [0.2, 0.25) is 0 Å². The molecule has 206 valence electrons. The van der Waals surface area contributed by atoms with E-state index in [4.69, 9.17) is 14.9 Å². The minimum Gasteiger partial charge on any atom is -0.481 e. The van der Waals surface area contributed by atoms with Crippen molar-refractivity contribution in [2.24, 2.45) is 4.99 Å². The highest BCUT2D eigenvalue weighted by Crippen LogP contribution is 2.38. The summed E-state index contributed by atoms with van der Waals surface area (Å²) in [4.78, 5) is 25.9. The number of alkyl halides is 3. The van der Waals surface area contributed by atoms with Gasteiger partial charge in [-0.1, -0.05) is 0 Å². The lowest BCUT2D eigenvalue weighted by molar-refractivity contribution is -0.143. The van der Waals surface area contributed by atoms with Crippen LogP contribution in [0.5, 0.6) is 0 Å². The zero-order valence-corrected chi connectivity index (χ0v) is 20.5. The van der Waals surface area contributed by atoms with Crippen molar-refractivity contribution in [1.29, 1.82) is 0 Å². The molecule has 13 heteroatoms. The van der Waals surface area contributed by atoms with Crippen LogP contribution in [0.3, 0.4) is 0 Å². The lowest BCUT2D eigenvalue weighted by atomic mass is 10.0. The summed E-state index contributed by atoms with van der Waals surface area (Å²) in [6, 6.07) is 7.77. The lowest BCUT2D eigenvalue weighted by Gasteiger charge is -2.36. The number of halogens is 4. The first kappa shape index (κ1) is 28.9. The molecular formula is C25H28F4N4O5. The summed E-state index contributed by atoms with van der Waals surface area (Å²) in [5.74, 6) is -2.21. The number of nitrogens with zero attached hydrogens (tertiary/aromatic N) is 2. The molecule has 4 rings (SSSR count). The maximum Gasteiger partial charge on any atom is 0.416 e. The van der Waals surface area contributed by atoms with Gasteiger partial charge in [0.25, 0.3) is 0 Å². The fourth-order valence-corrected chi connectivity index (χ4v) is 3.96. The van der Waals surface area contributed by atoms with E-state index in [1.807, 2.05) is 4.90 Å². The topological polar surface area (TPSA) is 123 Å². The monoisotopic (exact) mass is 540 g/mol. The standard InChI is InChI=1S/C21H22F4N4O.C4H6O4/c1-30-9-6-15-12-29(8-7-26-15)20-16-10-13(21(23,24)25)2-4-17(16)27-18-5-3-14(22)11-19(18)28-20;5-3(6)1-2-4(7)8/h2-5,10-11,15,26-27H,6-9,12H2,1H3;1-2H2,(H,5,6)(H,7,8)/t15-;/m0./s1. The smallest absolute Gasteiger partial charge is 0.416 e. The molecule has 1 saturated heterocycles. The molecule has 0 unspecified atom stereocenters. The molecule has 0 aliphatic carbocycles. The van der Waals surface area contributed by atoms with Crippen molar-refractivity contribution in [1.82, 2.24) is 10.2 Å². The number of hydrogen-bond donors (Lipinski definition) is 4. The van der Waals surface area contributed by atoms with Crippen LogP contribution in [0.1, 0.15) is 30.4 Å². The normalized spacial score (nSPS) is 16.6. The third-order valence-corrected chi connectivity index (χ3v) is 5.82. The number of aliphatic imine (C=N–C) groups is 1. The molecule has 2 aliphatic rings. The van der Waals surface area contributed by atoms with Gasteiger partial charge in [-0.2, -0.15) is 13.2 Å². The number of rotatable bonds is 6. The third-order valence-electron chi connectivity index (χ3n) is 5.82. The number of hydrogen-bond acceptors (Lipinski definition) is 7.